The molecule has 0 spiro atoms. The van der Waals surface area contributed by atoms with E-state index in [1.807, 2.05) is 0 Å². The van der Waals surface area contributed by atoms with Crippen LogP contribution in [0.2, 0.25) is 0 Å². The van der Waals surface area contributed by atoms with E-state index in [9.17, 15) is 0 Å². The summed E-state index contributed by atoms with van der Waals surface area (Å²) in [6.07, 6.45) is 0. The summed E-state index contributed by atoms with van der Waals surface area (Å²) in [5.41, 5.74) is 12.0. The molecule has 0 saturated carbocycles. The van der Waals surface area contributed by atoms with Gasteiger partial charge in [-0.1, -0.05) is 41.5 Å². The predicted octanol–water partition coefficient (Wildman–Crippen LogP) is 2.13. The molecule has 0 aliphatic carbocycles. The molecule has 88 valence electrons. The van der Waals surface area contributed by atoms with E-state index in [0.717, 1.165) is 0 Å². The van der Waals surface area contributed by atoms with Crippen molar-refractivity contribution < 1.29 is 0 Å². The van der Waals surface area contributed by atoms with Gasteiger partial charge in [0.1, 0.15) is 0 Å². The monoisotopic (exact) mass is 320 g/mol. The minimum atomic E-state index is -0.405. The Hall–Kier alpha value is 0.719. The molecule has 0 heterocycles. The van der Waals surface area contributed by atoms with E-state index < -0.39 is 11.1 Å². The van der Waals surface area contributed by atoms with Gasteiger partial charge in [-0.05, 0) is 24.7 Å². The van der Waals surface area contributed by atoms with Crippen LogP contribution in [0, 0.1) is 10.8 Å². The van der Waals surface area contributed by atoms with Crippen LogP contribution in [-0.4, -0.2) is 35.0 Å². The molecule has 2 atom stereocenters. The van der Waals surface area contributed by atoms with Crippen molar-refractivity contribution in [1.82, 2.24) is 0 Å². The van der Waals surface area contributed by atoms with Gasteiger partial charge in [0.05, 0.1) is 0 Å². The van der Waals surface area contributed by atoms with Gasteiger partial charge < -0.3 is 11.5 Å². The van der Waals surface area contributed by atoms with Crippen molar-refractivity contribution in [1.29, 1.82) is 0 Å². The fourth-order valence-electron chi connectivity index (χ4n) is 1.56. The molecule has 3 heteroatoms. The third-order valence-corrected chi connectivity index (χ3v) is 4.19. The smallest absolute Gasteiger partial charge is 0.323 e. The van der Waals surface area contributed by atoms with Crippen LogP contribution in [0.15, 0.2) is 0 Å². The first-order valence-electron chi connectivity index (χ1n) is 5.33. The molecule has 0 aromatic heterocycles. The standard InChI is InChI=1S/C12H28N2.Sn/c1-9(2,3)11(7,13)12(8,14)10(4,5)6;/h13-14H2,1-8H3;/q;+2. The minimum absolute atomic E-state index is 0. The Labute approximate surface area is 113 Å². The molecule has 0 bridgehead atoms. The van der Waals surface area contributed by atoms with Gasteiger partial charge >= 0.3 is 23.9 Å². The Morgan fingerprint density at radius 3 is 0.733 bits per heavy atom. The van der Waals surface area contributed by atoms with E-state index in [4.69, 9.17) is 11.5 Å². The topological polar surface area (TPSA) is 52.0 Å². The second-order valence-electron chi connectivity index (χ2n) is 6.90. The fourth-order valence-corrected chi connectivity index (χ4v) is 1.56. The van der Waals surface area contributed by atoms with Crippen LogP contribution in [0.4, 0.5) is 0 Å². The predicted molar refractivity (Wildman–Crippen MR) is 69.8 cm³/mol. The van der Waals surface area contributed by atoms with Gasteiger partial charge in [0, 0.05) is 11.1 Å². The third kappa shape index (κ3) is 3.10. The Balaban J connectivity index is 0. The number of hydrogen-bond donors (Lipinski definition) is 2. The van der Waals surface area contributed by atoms with E-state index in [1.165, 1.54) is 0 Å². The van der Waals surface area contributed by atoms with E-state index in [2.05, 4.69) is 55.4 Å². The average Bonchev–Trinajstić information content (AvgIpc) is 1.81. The van der Waals surface area contributed by atoms with Gasteiger partial charge in [0.25, 0.3) is 0 Å². The van der Waals surface area contributed by atoms with Crippen LogP contribution >= 0.6 is 0 Å². The molecule has 0 aromatic carbocycles. The zero-order chi connectivity index (χ0) is 12.0. The molecule has 2 nitrogen and oxygen atoms in total. The van der Waals surface area contributed by atoms with E-state index in [1.54, 1.807) is 0 Å². The van der Waals surface area contributed by atoms with Crippen molar-refractivity contribution in [3.63, 3.8) is 0 Å². The van der Waals surface area contributed by atoms with E-state index >= 15 is 0 Å². The molecule has 0 amide bonds. The van der Waals surface area contributed by atoms with Crippen LogP contribution in [-0.2, 0) is 0 Å². The Kier molecular flexibility index (Phi) is 5.47. The van der Waals surface area contributed by atoms with Gasteiger partial charge in [-0.25, -0.2) is 0 Å². The fraction of sp³-hybridized carbons (Fsp3) is 1.00. The van der Waals surface area contributed by atoms with Crippen LogP contribution < -0.4 is 11.5 Å². The normalized spacial score (nSPS) is 21.2. The van der Waals surface area contributed by atoms with Crippen LogP contribution in [0.1, 0.15) is 55.4 Å². The quantitative estimate of drug-likeness (QED) is 0.728. The maximum absolute atomic E-state index is 6.43. The first-order chi connectivity index (χ1) is 5.75. The second-order valence-corrected chi connectivity index (χ2v) is 6.90. The largest absolute Gasteiger partial charge is 2.00 e. The second kappa shape index (κ2) is 4.53. The maximum atomic E-state index is 6.43. The maximum Gasteiger partial charge on any atom is 2.00 e. The number of rotatable bonds is 1. The summed E-state index contributed by atoms with van der Waals surface area (Å²) in [6.45, 7) is 17.0. The summed E-state index contributed by atoms with van der Waals surface area (Å²) < 4.78 is 0. The third-order valence-electron chi connectivity index (χ3n) is 4.19. The molecule has 2 unspecified atom stereocenters. The Bertz CT molecular complexity index is 183. The minimum Gasteiger partial charge on any atom is -0.323 e. The molecule has 0 aromatic rings. The Morgan fingerprint density at radius 2 is 0.667 bits per heavy atom. The number of nitrogens with two attached hydrogens (primary N) is 2. The molecule has 0 aliphatic heterocycles. The summed E-state index contributed by atoms with van der Waals surface area (Å²) in [4.78, 5) is 0. The van der Waals surface area contributed by atoms with Gasteiger partial charge in [-0.3, -0.25) is 0 Å². The summed E-state index contributed by atoms with van der Waals surface area (Å²) in [5, 5.41) is 0. The summed E-state index contributed by atoms with van der Waals surface area (Å²) in [7, 11) is 0. The molecule has 0 saturated heterocycles. The van der Waals surface area contributed by atoms with Crippen molar-refractivity contribution in [3.8, 4) is 0 Å². The molecule has 0 fully saturated rings. The molecule has 4 N–H and O–H groups in total. The first-order valence-corrected chi connectivity index (χ1v) is 5.33. The van der Waals surface area contributed by atoms with E-state index in [0.29, 0.717) is 0 Å². The summed E-state index contributed by atoms with van der Waals surface area (Å²) in [6, 6.07) is 0. The van der Waals surface area contributed by atoms with Gasteiger partial charge in [-0.2, -0.15) is 0 Å². The van der Waals surface area contributed by atoms with Crippen molar-refractivity contribution in [2.45, 2.75) is 66.5 Å². The molecule has 15 heavy (non-hydrogen) atoms. The van der Waals surface area contributed by atoms with Gasteiger partial charge in [0.2, 0.25) is 0 Å². The van der Waals surface area contributed by atoms with Crippen molar-refractivity contribution >= 4 is 23.9 Å². The molecule has 0 aliphatic rings. The summed E-state index contributed by atoms with van der Waals surface area (Å²) in [5.74, 6) is 0. The summed E-state index contributed by atoms with van der Waals surface area (Å²) >= 11 is 0. The molecular formula is C12H28N2Sn+2. The Morgan fingerprint density at radius 1 is 0.533 bits per heavy atom. The molecule has 0 rings (SSSR count). The SMILES string of the molecule is CC(C)(C)C(C)(N)C(C)(N)C(C)(C)C.[Sn+2]. The van der Waals surface area contributed by atoms with Crippen LogP contribution in [0.25, 0.3) is 0 Å². The van der Waals surface area contributed by atoms with Gasteiger partial charge in [0.15, 0.2) is 0 Å². The van der Waals surface area contributed by atoms with Gasteiger partial charge in [-0.15, -0.1) is 0 Å². The van der Waals surface area contributed by atoms with Crippen molar-refractivity contribution in [2.24, 2.45) is 22.3 Å². The molecule has 2 radical (unpaired) electrons. The van der Waals surface area contributed by atoms with E-state index in [-0.39, 0.29) is 34.7 Å². The first kappa shape index (κ1) is 18.1. The van der Waals surface area contributed by atoms with Crippen LogP contribution in [0.5, 0.6) is 0 Å². The van der Waals surface area contributed by atoms with Crippen molar-refractivity contribution in [2.75, 3.05) is 0 Å². The van der Waals surface area contributed by atoms with Crippen LogP contribution in [0.3, 0.4) is 0 Å². The molecular weight excluding hydrogens is 291 g/mol. The number of hydrogen-bond acceptors (Lipinski definition) is 2. The zero-order valence-corrected chi connectivity index (χ0v) is 14.5. The average molecular weight is 319 g/mol. The zero-order valence-electron chi connectivity index (χ0n) is 11.7. The van der Waals surface area contributed by atoms with Crippen molar-refractivity contribution in [3.05, 3.63) is 0 Å².